The largest absolute Gasteiger partial charge is 0.508 e. The van der Waals surface area contributed by atoms with Gasteiger partial charge in [-0.15, -0.1) is 0 Å². The van der Waals surface area contributed by atoms with Gasteiger partial charge in [-0.1, -0.05) is 6.07 Å². The number of alkyl halides is 3. The van der Waals surface area contributed by atoms with Crippen LogP contribution in [0.1, 0.15) is 23.2 Å². The van der Waals surface area contributed by atoms with Gasteiger partial charge in [0, 0.05) is 5.56 Å². The van der Waals surface area contributed by atoms with Gasteiger partial charge in [-0.05, 0) is 31.0 Å². The predicted octanol–water partition coefficient (Wildman–Crippen LogP) is 2.22. The van der Waals surface area contributed by atoms with Gasteiger partial charge in [0.2, 0.25) is 0 Å². The number of carbonyl (C=O) groups excluding carboxylic acids is 1. The summed E-state index contributed by atoms with van der Waals surface area (Å²) in [7, 11) is 0. The van der Waals surface area contributed by atoms with E-state index in [1.54, 1.807) is 0 Å². The van der Waals surface area contributed by atoms with Crippen LogP contribution in [-0.4, -0.2) is 22.7 Å². The lowest BCUT2D eigenvalue weighted by Gasteiger charge is -2.20. The number of hydrogen-bond acceptors (Lipinski definition) is 2. The SMILES string of the molecule is O=C(NC1(C(F)(F)F)CC1)c1cccc(O)c1. The topological polar surface area (TPSA) is 49.3 Å². The number of halogens is 3. The van der Waals surface area contributed by atoms with Crippen molar-refractivity contribution in [3.8, 4) is 5.75 Å². The summed E-state index contributed by atoms with van der Waals surface area (Å²) in [6.45, 7) is 0. The van der Waals surface area contributed by atoms with E-state index in [1.165, 1.54) is 18.2 Å². The Bertz CT molecular complexity index is 452. The van der Waals surface area contributed by atoms with Crippen LogP contribution in [0.15, 0.2) is 24.3 Å². The lowest BCUT2D eigenvalue weighted by atomic mass is 10.1. The van der Waals surface area contributed by atoms with Crippen molar-refractivity contribution in [3.63, 3.8) is 0 Å². The van der Waals surface area contributed by atoms with E-state index in [9.17, 15) is 18.0 Å². The van der Waals surface area contributed by atoms with E-state index in [1.807, 2.05) is 5.32 Å². The van der Waals surface area contributed by atoms with Crippen molar-refractivity contribution in [2.45, 2.75) is 24.6 Å². The average molecular weight is 245 g/mol. The van der Waals surface area contributed by atoms with E-state index >= 15 is 0 Å². The molecule has 1 aromatic rings. The van der Waals surface area contributed by atoms with Gasteiger partial charge in [-0.2, -0.15) is 13.2 Å². The van der Waals surface area contributed by atoms with Crippen LogP contribution in [0.25, 0.3) is 0 Å². The number of carbonyl (C=O) groups is 1. The van der Waals surface area contributed by atoms with E-state index in [-0.39, 0.29) is 24.2 Å². The van der Waals surface area contributed by atoms with E-state index in [0.717, 1.165) is 6.07 Å². The zero-order valence-corrected chi connectivity index (χ0v) is 8.71. The summed E-state index contributed by atoms with van der Waals surface area (Å²) in [5.74, 6) is -0.981. The quantitative estimate of drug-likeness (QED) is 0.839. The molecule has 6 heteroatoms. The van der Waals surface area contributed by atoms with Crippen LogP contribution in [-0.2, 0) is 0 Å². The highest BCUT2D eigenvalue weighted by atomic mass is 19.4. The number of phenols is 1. The molecule has 0 atom stereocenters. The molecule has 0 unspecified atom stereocenters. The Balaban J connectivity index is 2.13. The monoisotopic (exact) mass is 245 g/mol. The molecule has 0 aliphatic heterocycles. The molecule has 2 N–H and O–H groups in total. The first-order chi connectivity index (χ1) is 7.84. The fourth-order valence-electron chi connectivity index (χ4n) is 1.54. The van der Waals surface area contributed by atoms with Gasteiger partial charge >= 0.3 is 6.18 Å². The number of amides is 1. The van der Waals surface area contributed by atoms with Crippen molar-refractivity contribution in [1.82, 2.24) is 5.32 Å². The molecule has 0 saturated heterocycles. The Kier molecular flexibility index (Phi) is 2.52. The Morgan fingerprint density at radius 2 is 2.00 bits per heavy atom. The molecule has 1 saturated carbocycles. The van der Waals surface area contributed by atoms with E-state index in [0.29, 0.717) is 0 Å². The summed E-state index contributed by atoms with van der Waals surface area (Å²) < 4.78 is 37.8. The zero-order valence-electron chi connectivity index (χ0n) is 8.71. The van der Waals surface area contributed by atoms with Gasteiger partial charge in [-0.25, -0.2) is 0 Å². The van der Waals surface area contributed by atoms with Gasteiger partial charge in [-0.3, -0.25) is 4.79 Å². The summed E-state index contributed by atoms with van der Waals surface area (Å²) >= 11 is 0. The fraction of sp³-hybridized carbons (Fsp3) is 0.364. The molecule has 0 bridgehead atoms. The third kappa shape index (κ3) is 2.20. The Hall–Kier alpha value is -1.72. The molecule has 17 heavy (non-hydrogen) atoms. The molecule has 1 aliphatic rings. The van der Waals surface area contributed by atoms with Crippen LogP contribution in [0, 0.1) is 0 Å². The van der Waals surface area contributed by atoms with Crippen LogP contribution in [0.4, 0.5) is 13.2 Å². The minimum Gasteiger partial charge on any atom is -0.508 e. The second-order valence-corrected chi connectivity index (χ2v) is 4.08. The highest BCUT2D eigenvalue weighted by Gasteiger charge is 2.64. The highest BCUT2D eigenvalue weighted by Crippen LogP contribution is 2.49. The third-order valence-corrected chi connectivity index (χ3v) is 2.75. The molecular formula is C11H10F3NO2. The number of nitrogens with one attached hydrogen (secondary N) is 1. The zero-order chi connectivity index (χ0) is 12.7. The molecule has 1 fully saturated rings. The number of hydrogen-bond donors (Lipinski definition) is 2. The normalized spacial score (nSPS) is 17.6. The maximum absolute atomic E-state index is 12.6. The second kappa shape index (κ2) is 3.65. The highest BCUT2D eigenvalue weighted by molar-refractivity contribution is 5.95. The summed E-state index contributed by atoms with van der Waals surface area (Å²) in [6.07, 6.45) is -4.62. The first kappa shape index (κ1) is 11.8. The van der Waals surface area contributed by atoms with Crippen LogP contribution in [0.3, 0.4) is 0 Å². The molecule has 2 rings (SSSR count). The van der Waals surface area contributed by atoms with Crippen LogP contribution in [0.5, 0.6) is 5.75 Å². The third-order valence-electron chi connectivity index (χ3n) is 2.75. The second-order valence-electron chi connectivity index (χ2n) is 4.08. The van der Waals surface area contributed by atoms with E-state index in [4.69, 9.17) is 5.11 Å². The molecule has 3 nitrogen and oxygen atoms in total. The summed E-state index contributed by atoms with van der Waals surface area (Å²) in [6, 6.07) is 5.22. The molecule has 1 amide bonds. The molecule has 1 aliphatic carbocycles. The van der Waals surface area contributed by atoms with Gasteiger partial charge < -0.3 is 10.4 Å². The minimum atomic E-state index is -4.43. The lowest BCUT2D eigenvalue weighted by molar-refractivity contribution is -0.163. The lowest BCUT2D eigenvalue weighted by Crippen LogP contribution is -2.47. The summed E-state index contributed by atoms with van der Waals surface area (Å²) in [4.78, 5) is 11.6. The maximum atomic E-state index is 12.6. The minimum absolute atomic E-state index is 0.0144. The molecule has 0 spiro atoms. The first-order valence-corrected chi connectivity index (χ1v) is 5.02. The molecule has 0 heterocycles. The van der Waals surface area contributed by atoms with Crippen LogP contribution < -0.4 is 5.32 Å². The van der Waals surface area contributed by atoms with Crippen LogP contribution in [0.2, 0.25) is 0 Å². The van der Waals surface area contributed by atoms with Crippen molar-refractivity contribution < 1.29 is 23.1 Å². The molecule has 92 valence electrons. The number of benzene rings is 1. The molecule has 0 radical (unpaired) electrons. The average Bonchev–Trinajstić information content (AvgIpc) is 2.98. The smallest absolute Gasteiger partial charge is 0.411 e. The summed E-state index contributed by atoms with van der Waals surface area (Å²) in [5.41, 5.74) is -2.06. The molecular weight excluding hydrogens is 235 g/mol. The summed E-state index contributed by atoms with van der Waals surface area (Å²) in [5, 5.41) is 11.1. The Morgan fingerprint density at radius 1 is 1.35 bits per heavy atom. The maximum Gasteiger partial charge on any atom is 0.411 e. The Labute approximate surface area is 95.3 Å². The molecule has 0 aromatic heterocycles. The molecule has 1 aromatic carbocycles. The van der Waals surface area contributed by atoms with Crippen molar-refractivity contribution in [2.24, 2.45) is 0 Å². The standard InChI is InChI=1S/C11H10F3NO2/c12-11(13,14)10(4-5-10)15-9(17)7-2-1-3-8(16)6-7/h1-3,6,16H,4-5H2,(H,15,17). The predicted molar refractivity (Wildman–Crippen MR) is 53.6 cm³/mol. The fourth-order valence-corrected chi connectivity index (χ4v) is 1.54. The number of rotatable bonds is 2. The van der Waals surface area contributed by atoms with Crippen molar-refractivity contribution in [3.05, 3.63) is 29.8 Å². The van der Waals surface area contributed by atoms with E-state index < -0.39 is 17.6 Å². The van der Waals surface area contributed by atoms with Gasteiger partial charge in [0.15, 0.2) is 0 Å². The Morgan fingerprint density at radius 3 is 2.47 bits per heavy atom. The van der Waals surface area contributed by atoms with Crippen molar-refractivity contribution in [1.29, 1.82) is 0 Å². The van der Waals surface area contributed by atoms with Crippen molar-refractivity contribution in [2.75, 3.05) is 0 Å². The number of phenolic OH excluding ortho intramolecular Hbond substituents is 1. The van der Waals surface area contributed by atoms with E-state index in [2.05, 4.69) is 0 Å². The van der Waals surface area contributed by atoms with Gasteiger partial charge in [0.1, 0.15) is 11.3 Å². The van der Waals surface area contributed by atoms with Crippen LogP contribution >= 0.6 is 0 Å². The first-order valence-electron chi connectivity index (χ1n) is 5.02. The van der Waals surface area contributed by atoms with Gasteiger partial charge in [0.25, 0.3) is 5.91 Å². The van der Waals surface area contributed by atoms with Crippen molar-refractivity contribution >= 4 is 5.91 Å². The number of aromatic hydroxyl groups is 1. The van der Waals surface area contributed by atoms with Gasteiger partial charge in [0.05, 0.1) is 0 Å².